The van der Waals surface area contributed by atoms with Gasteiger partial charge in [0.15, 0.2) is 0 Å². The summed E-state index contributed by atoms with van der Waals surface area (Å²) < 4.78 is 0. The average Bonchev–Trinajstić information content (AvgIpc) is 3.09. The maximum absolute atomic E-state index is 4.33. The fourth-order valence-electron chi connectivity index (χ4n) is 2.10. The van der Waals surface area contributed by atoms with Gasteiger partial charge in [0.05, 0.1) is 5.39 Å². The molecule has 0 radical (unpaired) electrons. The third-order valence-corrected chi connectivity index (χ3v) is 3.29. The predicted octanol–water partition coefficient (Wildman–Crippen LogP) is 3.05. The SMILES string of the molecule is CCCCNc1ncnc2[nH]c(C3CC3)cc12. The molecule has 3 rings (SSSR count). The lowest BCUT2D eigenvalue weighted by Gasteiger charge is -2.04. The molecule has 4 heteroatoms. The zero-order valence-corrected chi connectivity index (χ0v) is 10.2. The second-order valence-electron chi connectivity index (χ2n) is 4.76. The number of hydrogen-bond donors (Lipinski definition) is 2. The maximum atomic E-state index is 4.33. The number of anilines is 1. The molecule has 2 N–H and O–H groups in total. The second-order valence-corrected chi connectivity index (χ2v) is 4.76. The molecular formula is C13H18N4. The first-order chi connectivity index (χ1) is 8.38. The van der Waals surface area contributed by atoms with Crippen molar-refractivity contribution in [1.29, 1.82) is 0 Å². The highest BCUT2D eigenvalue weighted by Gasteiger charge is 2.25. The van der Waals surface area contributed by atoms with Crippen molar-refractivity contribution in [2.45, 2.75) is 38.5 Å². The predicted molar refractivity (Wildman–Crippen MR) is 69.3 cm³/mol. The van der Waals surface area contributed by atoms with Gasteiger partial charge in [0.25, 0.3) is 0 Å². The molecule has 0 amide bonds. The molecule has 0 atom stereocenters. The summed E-state index contributed by atoms with van der Waals surface area (Å²) in [6.07, 6.45) is 6.61. The van der Waals surface area contributed by atoms with Crippen LogP contribution in [-0.4, -0.2) is 21.5 Å². The smallest absolute Gasteiger partial charge is 0.143 e. The van der Waals surface area contributed by atoms with Crippen LogP contribution in [0.3, 0.4) is 0 Å². The molecule has 1 aliphatic carbocycles. The van der Waals surface area contributed by atoms with Gasteiger partial charge >= 0.3 is 0 Å². The maximum Gasteiger partial charge on any atom is 0.143 e. The van der Waals surface area contributed by atoms with Crippen LogP contribution in [0.25, 0.3) is 11.0 Å². The Morgan fingerprint density at radius 2 is 2.29 bits per heavy atom. The van der Waals surface area contributed by atoms with Crippen LogP contribution in [0.15, 0.2) is 12.4 Å². The number of nitrogens with zero attached hydrogens (tertiary/aromatic N) is 2. The Balaban J connectivity index is 1.88. The summed E-state index contributed by atoms with van der Waals surface area (Å²) in [6.45, 7) is 3.17. The van der Waals surface area contributed by atoms with Crippen molar-refractivity contribution in [3.8, 4) is 0 Å². The Bertz CT molecular complexity index is 513. The minimum absolute atomic E-state index is 0.729. The first-order valence-corrected chi connectivity index (χ1v) is 6.46. The molecule has 1 fully saturated rings. The topological polar surface area (TPSA) is 53.6 Å². The average molecular weight is 230 g/mol. The Morgan fingerprint density at radius 3 is 3.06 bits per heavy atom. The highest BCUT2D eigenvalue weighted by molar-refractivity contribution is 5.87. The summed E-state index contributed by atoms with van der Waals surface area (Å²) >= 11 is 0. The molecule has 90 valence electrons. The molecule has 2 aromatic rings. The van der Waals surface area contributed by atoms with Gasteiger partial charge in [-0.2, -0.15) is 0 Å². The lowest BCUT2D eigenvalue weighted by molar-refractivity contribution is 0.831. The number of aromatic amines is 1. The standard InChI is InChI=1S/C13H18N4/c1-2-3-6-14-12-10-7-11(9-4-5-9)17-13(10)16-8-15-12/h7-9H,2-6H2,1H3,(H2,14,15,16,17). The minimum Gasteiger partial charge on any atom is -0.369 e. The van der Waals surface area contributed by atoms with Gasteiger partial charge in [0.1, 0.15) is 17.8 Å². The molecule has 0 aromatic carbocycles. The molecule has 2 aromatic heterocycles. The lowest BCUT2D eigenvalue weighted by Crippen LogP contribution is -2.03. The zero-order chi connectivity index (χ0) is 11.7. The Morgan fingerprint density at radius 1 is 1.41 bits per heavy atom. The number of aromatic nitrogens is 3. The molecule has 0 bridgehead atoms. The van der Waals surface area contributed by atoms with Gasteiger partial charge < -0.3 is 10.3 Å². The van der Waals surface area contributed by atoms with E-state index in [-0.39, 0.29) is 0 Å². The van der Waals surface area contributed by atoms with Crippen molar-refractivity contribution in [2.24, 2.45) is 0 Å². The number of rotatable bonds is 5. The molecule has 0 spiro atoms. The number of fused-ring (bicyclic) bond motifs is 1. The first kappa shape index (κ1) is 10.6. The highest BCUT2D eigenvalue weighted by atomic mass is 15.0. The minimum atomic E-state index is 0.729. The Labute approximate surface area is 101 Å². The summed E-state index contributed by atoms with van der Waals surface area (Å²) in [5, 5.41) is 4.52. The van der Waals surface area contributed by atoms with Gasteiger partial charge in [-0.1, -0.05) is 13.3 Å². The van der Waals surface area contributed by atoms with Gasteiger partial charge in [-0.15, -0.1) is 0 Å². The van der Waals surface area contributed by atoms with Crippen molar-refractivity contribution < 1.29 is 0 Å². The quantitative estimate of drug-likeness (QED) is 0.776. The summed E-state index contributed by atoms with van der Waals surface area (Å²) in [5.41, 5.74) is 2.28. The molecule has 0 aliphatic heterocycles. The van der Waals surface area contributed by atoms with Crippen molar-refractivity contribution >= 4 is 16.9 Å². The van der Waals surface area contributed by atoms with Crippen LogP contribution in [0.2, 0.25) is 0 Å². The number of hydrogen-bond acceptors (Lipinski definition) is 3. The van der Waals surface area contributed by atoms with Crippen LogP contribution in [0.1, 0.15) is 44.2 Å². The van der Waals surface area contributed by atoms with Crippen LogP contribution in [0.4, 0.5) is 5.82 Å². The van der Waals surface area contributed by atoms with Crippen LogP contribution in [0.5, 0.6) is 0 Å². The number of unbranched alkanes of at least 4 members (excludes halogenated alkanes) is 1. The van der Waals surface area contributed by atoms with Crippen molar-refractivity contribution in [3.63, 3.8) is 0 Å². The summed E-state index contributed by atoms with van der Waals surface area (Å²) in [4.78, 5) is 12.0. The lowest BCUT2D eigenvalue weighted by atomic mass is 10.2. The number of H-pyrrole nitrogens is 1. The normalized spacial score (nSPS) is 15.4. The van der Waals surface area contributed by atoms with Gasteiger partial charge in [0.2, 0.25) is 0 Å². The van der Waals surface area contributed by atoms with E-state index in [9.17, 15) is 0 Å². The second kappa shape index (κ2) is 4.35. The van der Waals surface area contributed by atoms with Crippen LogP contribution < -0.4 is 5.32 Å². The van der Waals surface area contributed by atoms with Crippen LogP contribution in [-0.2, 0) is 0 Å². The summed E-state index contributed by atoms with van der Waals surface area (Å²) in [5.74, 6) is 1.69. The first-order valence-electron chi connectivity index (χ1n) is 6.46. The Kier molecular flexibility index (Phi) is 2.71. The summed E-state index contributed by atoms with van der Waals surface area (Å²) in [7, 11) is 0. The molecule has 17 heavy (non-hydrogen) atoms. The van der Waals surface area contributed by atoms with E-state index in [1.165, 1.54) is 31.4 Å². The van der Waals surface area contributed by atoms with E-state index in [1.54, 1.807) is 6.33 Å². The van der Waals surface area contributed by atoms with Crippen molar-refractivity contribution in [1.82, 2.24) is 15.0 Å². The largest absolute Gasteiger partial charge is 0.369 e. The molecule has 2 heterocycles. The molecule has 1 saturated carbocycles. The number of nitrogens with one attached hydrogen (secondary N) is 2. The van der Waals surface area contributed by atoms with E-state index >= 15 is 0 Å². The monoisotopic (exact) mass is 230 g/mol. The van der Waals surface area contributed by atoms with E-state index in [0.717, 1.165) is 29.3 Å². The van der Waals surface area contributed by atoms with Gasteiger partial charge in [-0.3, -0.25) is 0 Å². The fraction of sp³-hybridized carbons (Fsp3) is 0.538. The van der Waals surface area contributed by atoms with E-state index < -0.39 is 0 Å². The third-order valence-electron chi connectivity index (χ3n) is 3.29. The van der Waals surface area contributed by atoms with Gasteiger partial charge in [-0.25, -0.2) is 9.97 Å². The molecule has 4 nitrogen and oxygen atoms in total. The molecule has 0 unspecified atom stereocenters. The molecule has 1 aliphatic rings. The molecule has 0 saturated heterocycles. The van der Waals surface area contributed by atoms with E-state index in [0.29, 0.717) is 0 Å². The van der Waals surface area contributed by atoms with Crippen molar-refractivity contribution in [2.75, 3.05) is 11.9 Å². The van der Waals surface area contributed by atoms with E-state index in [1.807, 2.05) is 0 Å². The van der Waals surface area contributed by atoms with Crippen molar-refractivity contribution in [3.05, 3.63) is 18.1 Å². The van der Waals surface area contributed by atoms with E-state index in [2.05, 4.69) is 33.3 Å². The van der Waals surface area contributed by atoms with Gasteiger partial charge in [0, 0.05) is 12.2 Å². The third kappa shape index (κ3) is 2.12. The van der Waals surface area contributed by atoms with Crippen LogP contribution >= 0.6 is 0 Å². The van der Waals surface area contributed by atoms with Gasteiger partial charge in [-0.05, 0) is 31.2 Å². The van der Waals surface area contributed by atoms with E-state index in [4.69, 9.17) is 0 Å². The molecular weight excluding hydrogens is 212 g/mol. The Hall–Kier alpha value is -1.58. The summed E-state index contributed by atoms with van der Waals surface area (Å²) in [6, 6.07) is 2.21. The van der Waals surface area contributed by atoms with Crippen LogP contribution in [0, 0.1) is 0 Å². The fourth-order valence-corrected chi connectivity index (χ4v) is 2.10. The zero-order valence-electron chi connectivity index (χ0n) is 10.2. The highest BCUT2D eigenvalue weighted by Crippen LogP contribution is 2.40.